The number of aryl methyl sites for hydroxylation is 2. The number of oxazole rings is 1. The fourth-order valence-electron chi connectivity index (χ4n) is 4.46. The molecule has 0 radical (unpaired) electrons. The van der Waals surface area contributed by atoms with Crippen molar-refractivity contribution in [3.63, 3.8) is 0 Å². The van der Waals surface area contributed by atoms with Crippen molar-refractivity contribution in [3.05, 3.63) is 44.9 Å². The van der Waals surface area contributed by atoms with E-state index in [9.17, 15) is 4.79 Å². The van der Waals surface area contributed by atoms with Crippen LogP contribution in [-0.2, 0) is 4.74 Å². The zero-order valence-electron chi connectivity index (χ0n) is 17.6. The number of amides is 1. The Hall–Kier alpha value is -1.76. The summed E-state index contributed by atoms with van der Waals surface area (Å²) in [5.41, 5.74) is 2.55. The van der Waals surface area contributed by atoms with Crippen molar-refractivity contribution in [2.24, 2.45) is 0 Å². The number of halogens is 2. The molecule has 0 N–H and O–H groups in total. The molecule has 4 rings (SSSR count). The predicted molar refractivity (Wildman–Crippen MR) is 117 cm³/mol. The predicted octanol–water partition coefficient (Wildman–Crippen LogP) is 5.31. The molecule has 3 heterocycles. The number of carbonyl (C=O) groups excluding carboxylic acids is 1. The van der Waals surface area contributed by atoms with Crippen molar-refractivity contribution in [2.75, 3.05) is 19.8 Å². The summed E-state index contributed by atoms with van der Waals surface area (Å²) in [6, 6.07) is 0.180. The van der Waals surface area contributed by atoms with E-state index in [1.54, 1.807) is 10.6 Å². The van der Waals surface area contributed by atoms with E-state index in [1.807, 2.05) is 24.8 Å². The Morgan fingerprint density at radius 3 is 2.70 bits per heavy atom. The molecule has 1 aliphatic carbocycles. The van der Waals surface area contributed by atoms with Crippen LogP contribution in [0.3, 0.4) is 0 Å². The lowest BCUT2D eigenvalue weighted by Crippen LogP contribution is -2.44. The molecular formula is C22H27Cl2N3O3. The highest BCUT2D eigenvalue weighted by atomic mass is 35.5. The standard InChI is InChI=1S/C22H27Cl2N3O3/c1-4-9-26(16-7-10-29-11-8-16)21(28)19-13(2)25-27-20(14(3)30-22(19)27)17-6-5-15(23)12-18(17)24/h5,12,16-17H,4,6-11H2,1-3H3. The van der Waals surface area contributed by atoms with E-state index in [1.165, 1.54) is 0 Å². The lowest BCUT2D eigenvalue weighted by atomic mass is 9.96. The first kappa shape index (κ1) is 21.5. The van der Waals surface area contributed by atoms with E-state index in [0.29, 0.717) is 59.0 Å². The van der Waals surface area contributed by atoms with Crippen LogP contribution in [0.1, 0.15) is 66.0 Å². The number of rotatable bonds is 5. The van der Waals surface area contributed by atoms with Crippen LogP contribution in [0, 0.1) is 13.8 Å². The summed E-state index contributed by atoms with van der Waals surface area (Å²) in [6.45, 7) is 7.91. The van der Waals surface area contributed by atoms with E-state index in [-0.39, 0.29) is 17.9 Å². The van der Waals surface area contributed by atoms with Crippen molar-refractivity contribution >= 4 is 34.8 Å². The van der Waals surface area contributed by atoms with Crippen LogP contribution >= 0.6 is 23.2 Å². The van der Waals surface area contributed by atoms with Crippen LogP contribution < -0.4 is 0 Å². The maximum absolute atomic E-state index is 13.6. The van der Waals surface area contributed by atoms with Gasteiger partial charge in [-0.2, -0.15) is 9.61 Å². The zero-order chi connectivity index (χ0) is 21.4. The molecule has 0 bridgehead atoms. The summed E-state index contributed by atoms with van der Waals surface area (Å²) in [6.07, 6.45) is 6.96. The number of fused-ring (bicyclic) bond motifs is 1. The summed E-state index contributed by atoms with van der Waals surface area (Å²) in [7, 11) is 0. The zero-order valence-corrected chi connectivity index (χ0v) is 19.1. The number of aromatic nitrogens is 2. The van der Waals surface area contributed by atoms with Crippen LogP contribution in [0.4, 0.5) is 0 Å². The maximum Gasteiger partial charge on any atom is 0.261 e. The molecule has 1 unspecified atom stereocenters. The van der Waals surface area contributed by atoms with Gasteiger partial charge in [-0.25, -0.2) is 0 Å². The maximum atomic E-state index is 13.6. The van der Waals surface area contributed by atoms with Gasteiger partial charge in [0.25, 0.3) is 5.91 Å². The Labute approximate surface area is 186 Å². The van der Waals surface area contributed by atoms with Crippen molar-refractivity contribution in [1.82, 2.24) is 14.5 Å². The molecule has 162 valence electrons. The summed E-state index contributed by atoms with van der Waals surface area (Å²) < 4.78 is 13.3. The number of hydrogen-bond donors (Lipinski definition) is 0. The van der Waals surface area contributed by atoms with Gasteiger partial charge in [0.1, 0.15) is 11.3 Å². The summed E-state index contributed by atoms with van der Waals surface area (Å²) >= 11 is 12.6. The number of hydrogen-bond acceptors (Lipinski definition) is 4. The van der Waals surface area contributed by atoms with Crippen LogP contribution in [0.15, 0.2) is 26.6 Å². The molecule has 2 aromatic heterocycles. The van der Waals surface area contributed by atoms with Gasteiger partial charge < -0.3 is 14.1 Å². The van der Waals surface area contributed by atoms with E-state index in [4.69, 9.17) is 32.4 Å². The minimum absolute atomic E-state index is 0.0234. The van der Waals surface area contributed by atoms with Gasteiger partial charge in [-0.15, -0.1) is 0 Å². The minimum Gasteiger partial charge on any atom is -0.441 e. The van der Waals surface area contributed by atoms with Crippen molar-refractivity contribution < 1.29 is 13.9 Å². The van der Waals surface area contributed by atoms with Crippen LogP contribution in [0.5, 0.6) is 0 Å². The quantitative estimate of drug-likeness (QED) is 0.617. The molecule has 30 heavy (non-hydrogen) atoms. The summed E-state index contributed by atoms with van der Waals surface area (Å²) in [5, 5.41) is 5.96. The van der Waals surface area contributed by atoms with Crippen LogP contribution in [-0.4, -0.2) is 46.2 Å². The number of ether oxygens (including phenoxy) is 1. The van der Waals surface area contributed by atoms with Crippen LogP contribution in [0.2, 0.25) is 0 Å². The lowest BCUT2D eigenvalue weighted by Gasteiger charge is -2.34. The molecule has 1 aliphatic heterocycles. The van der Waals surface area contributed by atoms with Gasteiger partial charge >= 0.3 is 0 Å². The molecule has 0 aromatic carbocycles. The third-order valence-electron chi connectivity index (χ3n) is 5.91. The second-order valence-electron chi connectivity index (χ2n) is 7.97. The molecule has 1 fully saturated rings. The number of allylic oxidation sites excluding steroid dienone is 4. The third-order valence-corrected chi connectivity index (χ3v) is 6.55. The largest absolute Gasteiger partial charge is 0.441 e. The summed E-state index contributed by atoms with van der Waals surface area (Å²) in [4.78, 5) is 15.6. The van der Waals surface area contributed by atoms with Gasteiger partial charge in [0.2, 0.25) is 5.71 Å². The smallest absolute Gasteiger partial charge is 0.261 e. The topological polar surface area (TPSA) is 60.0 Å². The van der Waals surface area contributed by atoms with Gasteiger partial charge in [0.15, 0.2) is 0 Å². The fraction of sp³-hybridized carbons (Fsp3) is 0.545. The lowest BCUT2D eigenvalue weighted by molar-refractivity contribution is 0.0290. The van der Waals surface area contributed by atoms with E-state index < -0.39 is 0 Å². The first-order valence-corrected chi connectivity index (χ1v) is 11.3. The van der Waals surface area contributed by atoms with Gasteiger partial charge in [-0.05, 0) is 45.6 Å². The fourth-order valence-corrected chi connectivity index (χ4v) is 5.03. The average Bonchev–Trinajstić information content (AvgIpc) is 3.19. The molecule has 2 aliphatic rings. The Bertz CT molecular complexity index is 1010. The molecule has 6 nitrogen and oxygen atoms in total. The molecule has 1 amide bonds. The van der Waals surface area contributed by atoms with Crippen molar-refractivity contribution in [1.29, 1.82) is 0 Å². The van der Waals surface area contributed by atoms with Gasteiger partial charge in [0.05, 0.1) is 11.4 Å². The monoisotopic (exact) mass is 451 g/mol. The van der Waals surface area contributed by atoms with Crippen molar-refractivity contribution in [2.45, 2.75) is 58.4 Å². The Morgan fingerprint density at radius 2 is 2.03 bits per heavy atom. The van der Waals surface area contributed by atoms with E-state index >= 15 is 0 Å². The highest BCUT2D eigenvalue weighted by Crippen LogP contribution is 2.39. The number of nitrogens with zero attached hydrogens (tertiary/aromatic N) is 3. The molecule has 1 atom stereocenters. The highest BCUT2D eigenvalue weighted by molar-refractivity contribution is 6.35. The number of carbonyl (C=O) groups is 1. The third kappa shape index (κ3) is 3.81. The van der Waals surface area contributed by atoms with Gasteiger partial charge in [-0.1, -0.05) is 36.2 Å². The second-order valence-corrected chi connectivity index (χ2v) is 8.84. The van der Waals surface area contributed by atoms with Gasteiger partial charge in [-0.3, -0.25) is 4.79 Å². The van der Waals surface area contributed by atoms with Crippen LogP contribution in [0.25, 0.3) is 5.71 Å². The average molecular weight is 452 g/mol. The van der Waals surface area contributed by atoms with Crippen molar-refractivity contribution in [3.8, 4) is 0 Å². The minimum atomic E-state index is -0.0973. The Kier molecular flexibility index (Phi) is 6.28. The highest BCUT2D eigenvalue weighted by Gasteiger charge is 2.33. The first-order chi connectivity index (χ1) is 14.4. The Balaban J connectivity index is 1.74. The summed E-state index contributed by atoms with van der Waals surface area (Å²) in [5.74, 6) is 0.590. The van der Waals surface area contributed by atoms with E-state index in [0.717, 1.165) is 25.0 Å². The second kappa shape index (κ2) is 8.77. The molecular weight excluding hydrogens is 425 g/mol. The molecule has 1 saturated heterocycles. The molecule has 0 saturated carbocycles. The molecule has 2 aromatic rings. The molecule has 8 heteroatoms. The molecule has 0 spiro atoms. The normalized spacial score (nSPS) is 20.4. The van der Waals surface area contributed by atoms with E-state index in [2.05, 4.69) is 12.0 Å². The SMILES string of the molecule is CCCN(C(=O)c1c(C)nn2c(C3CC=C(Cl)C=C3Cl)c(C)oc12)C1CCOCC1. The first-order valence-electron chi connectivity index (χ1n) is 10.5. The Morgan fingerprint density at radius 1 is 1.30 bits per heavy atom. The van der Waals surface area contributed by atoms with Gasteiger partial charge in [0, 0.05) is 41.8 Å².